The average Bonchev–Trinajstić information content (AvgIpc) is 2.44. The van der Waals surface area contributed by atoms with Crippen LogP contribution in [0.1, 0.15) is 20.8 Å². The topological polar surface area (TPSA) is 38.3 Å². The third-order valence-corrected chi connectivity index (χ3v) is 2.77. The maximum atomic E-state index is 11.6. The van der Waals surface area contributed by atoms with Gasteiger partial charge in [0, 0.05) is 0 Å². The van der Waals surface area contributed by atoms with Crippen LogP contribution in [0.25, 0.3) is 0 Å². The zero-order valence-corrected chi connectivity index (χ0v) is 8.46. The summed E-state index contributed by atoms with van der Waals surface area (Å²) in [6, 6.07) is 0. The summed E-state index contributed by atoms with van der Waals surface area (Å²) in [4.78, 5) is 11.6. The van der Waals surface area contributed by atoms with E-state index in [9.17, 15) is 4.79 Å². The fourth-order valence-electron chi connectivity index (χ4n) is 2.14. The Balaban J connectivity index is 1.87. The molecule has 0 spiro atoms. The van der Waals surface area contributed by atoms with Crippen molar-refractivity contribution in [3.05, 3.63) is 0 Å². The van der Waals surface area contributed by atoms with Crippen LogP contribution in [0.15, 0.2) is 0 Å². The van der Waals surface area contributed by atoms with Crippen LogP contribution >= 0.6 is 0 Å². The van der Waals surface area contributed by atoms with Gasteiger partial charge in [0.2, 0.25) is 0 Å². The lowest BCUT2D eigenvalue weighted by atomic mass is 10.2. The lowest BCUT2D eigenvalue weighted by Crippen LogP contribution is -2.28. The number of nitrogens with one attached hydrogen (secondary N) is 1. The molecule has 3 heteroatoms. The number of hydrogen-bond acceptors (Lipinski definition) is 3. The molecule has 0 aromatic heterocycles. The lowest BCUT2D eigenvalue weighted by molar-refractivity contribution is -0.157. The highest BCUT2D eigenvalue weighted by Crippen LogP contribution is 2.49. The Morgan fingerprint density at radius 3 is 2.31 bits per heavy atom. The maximum Gasteiger partial charge on any atom is 0.310 e. The minimum Gasteiger partial charge on any atom is -0.460 e. The molecule has 2 fully saturated rings. The fourth-order valence-corrected chi connectivity index (χ4v) is 2.14. The first-order valence-electron chi connectivity index (χ1n) is 4.92. The molecule has 74 valence electrons. The molecule has 1 aliphatic carbocycles. The summed E-state index contributed by atoms with van der Waals surface area (Å²) in [6.07, 6.45) is 0. The molecule has 1 N–H and O–H groups in total. The van der Waals surface area contributed by atoms with Gasteiger partial charge in [0.15, 0.2) is 0 Å². The molecule has 2 aliphatic rings. The third-order valence-electron chi connectivity index (χ3n) is 2.77. The zero-order valence-electron chi connectivity index (χ0n) is 8.46. The van der Waals surface area contributed by atoms with Crippen LogP contribution in [0.5, 0.6) is 0 Å². The summed E-state index contributed by atoms with van der Waals surface area (Å²) in [7, 11) is 0. The van der Waals surface area contributed by atoms with Crippen molar-refractivity contribution < 1.29 is 9.53 Å². The van der Waals surface area contributed by atoms with Gasteiger partial charge in [-0.25, -0.2) is 0 Å². The van der Waals surface area contributed by atoms with E-state index in [4.69, 9.17) is 4.74 Å². The number of rotatable bonds is 1. The Labute approximate surface area is 78.8 Å². The molecule has 0 amide bonds. The molecule has 1 saturated carbocycles. The van der Waals surface area contributed by atoms with E-state index in [1.807, 2.05) is 20.8 Å². The Kier molecular flexibility index (Phi) is 1.88. The van der Waals surface area contributed by atoms with Gasteiger partial charge in [0.1, 0.15) is 5.60 Å². The molecule has 13 heavy (non-hydrogen) atoms. The highest BCUT2D eigenvalue weighted by atomic mass is 16.6. The van der Waals surface area contributed by atoms with Crippen LogP contribution in [-0.4, -0.2) is 24.7 Å². The predicted octanol–water partition coefficient (Wildman–Crippen LogP) is 0.793. The number of carbonyl (C=O) groups is 1. The Morgan fingerprint density at radius 2 is 1.85 bits per heavy atom. The Bertz CT molecular complexity index is 222. The molecule has 2 rings (SSSR count). The molecule has 0 bridgehead atoms. The molecule has 0 radical (unpaired) electrons. The smallest absolute Gasteiger partial charge is 0.310 e. The number of hydrogen-bond donors (Lipinski definition) is 1. The molecular weight excluding hydrogens is 166 g/mol. The van der Waals surface area contributed by atoms with Gasteiger partial charge in [0.05, 0.1) is 5.92 Å². The number of piperidine rings is 1. The van der Waals surface area contributed by atoms with Crippen LogP contribution < -0.4 is 5.32 Å². The van der Waals surface area contributed by atoms with Crippen LogP contribution in [0.4, 0.5) is 0 Å². The molecule has 3 nitrogen and oxygen atoms in total. The second-order valence-electron chi connectivity index (χ2n) is 5.05. The normalized spacial score (nSPS) is 37.0. The van der Waals surface area contributed by atoms with Crippen molar-refractivity contribution in [2.24, 2.45) is 17.8 Å². The molecule has 0 aromatic rings. The monoisotopic (exact) mass is 183 g/mol. The molecule has 3 atom stereocenters. The van der Waals surface area contributed by atoms with E-state index < -0.39 is 0 Å². The van der Waals surface area contributed by atoms with Crippen LogP contribution in [-0.2, 0) is 9.53 Å². The van der Waals surface area contributed by atoms with Crippen LogP contribution in [0.2, 0.25) is 0 Å². The standard InChI is InChI=1S/C10H17NO2/c1-10(2,3)13-9(12)8-6-4-11-5-7(6)8/h6-8,11H,4-5H2,1-3H3/t6-,7+,8+. The third kappa shape index (κ3) is 1.70. The lowest BCUT2D eigenvalue weighted by Gasteiger charge is -2.20. The van der Waals surface area contributed by atoms with E-state index in [0.29, 0.717) is 11.8 Å². The summed E-state index contributed by atoms with van der Waals surface area (Å²) >= 11 is 0. The Morgan fingerprint density at radius 1 is 1.31 bits per heavy atom. The van der Waals surface area contributed by atoms with E-state index in [0.717, 1.165) is 13.1 Å². The quantitative estimate of drug-likeness (QED) is 0.611. The fraction of sp³-hybridized carbons (Fsp3) is 0.900. The van der Waals surface area contributed by atoms with Gasteiger partial charge < -0.3 is 10.1 Å². The van der Waals surface area contributed by atoms with Gasteiger partial charge in [-0.2, -0.15) is 0 Å². The first-order valence-corrected chi connectivity index (χ1v) is 4.92. The van der Waals surface area contributed by atoms with Gasteiger partial charge in [0.25, 0.3) is 0 Å². The van der Waals surface area contributed by atoms with Crippen LogP contribution in [0, 0.1) is 17.8 Å². The van der Waals surface area contributed by atoms with Crippen molar-refractivity contribution in [1.29, 1.82) is 0 Å². The van der Waals surface area contributed by atoms with Crippen LogP contribution in [0.3, 0.4) is 0 Å². The van der Waals surface area contributed by atoms with Gasteiger partial charge in [-0.15, -0.1) is 0 Å². The summed E-state index contributed by atoms with van der Waals surface area (Å²) < 4.78 is 5.33. The van der Waals surface area contributed by atoms with Gasteiger partial charge in [-0.05, 0) is 45.7 Å². The van der Waals surface area contributed by atoms with Crippen molar-refractivity contribution in [2.75, 3.05) is 13.1 Å². The molecule has 0 unspecified atom stereocenters. The maximum absolute atomic E-state index is 11.6. The first-order chi connectivity index (χ1) is 5.99. The van der Waals surface area contributed by atoms with Crippen molar-refractivity contribution >= 4 is 5.97 Å². The largest absolute Gasteiger partial charge is 0.460 e. The van der Waals surface area contributed by atoms with E-state index in [-0.39, 0.29) is 17.5 Å². The molecule has 1 saturated heterocycles. The SMILES string of the molecule is CC(C)(C)OC(=O)[C@H]1[C@@H]2CNC[C@@H]21. The van der Waals surface area contributed by atoms with Gasteiger partial charge in [-0.3, -0.25) is 4.79 Å². The zero-order chi connectivity index (χ0) is 9.64. The van der Waals surface area contributed by atoms with Gasteiger partial charge in [-0.1, -0.05) is 0 Å². The summed E-state index contributed by atoms with van der Waals surface area (Å²) in [5.41, 5.74) is -0.332. The van der Waals surface area contributed by atoms with E-state index in [1.54, 1.807) is 0 Å². The minimum atomic E-state index is -0.332. The van der Waals surface area contributed by atoms with Crippen molar-refractivity contribution in [3.63, 3.8) is 0 Å². The van der Waals surface area contributed by atoms with E-state index in [1.165, 1.54) is 0 Å². The average molecular weight is 183 g/mol. The van der Waals surface area contributed by atoms with E-state index in [2.05, 4.69) is 5.32 Å². The van der Waals surface area contributed by atoms with Crippen molar-refractivity contribution in [1.82, 2.24) is 5.32 Å². The Hall–Kier alpha value is -0.570. The second-order valence-corrected chi connectivity index (χ2v) is 5.05. The predicted molar refractivity (Wildman–Crippen MR) is 49.2 cm³/mol. The number of fused-ring (bicyclic) bond motifs is 1. The summed E-state index contributed by atoms with van der Waals surface area (Å²) in [6.45, 7) is 7.74. The number of ether oxygens (including phenoxy) is 1. The van der Waals surface area contributed by atoms with E-state index >= 15 is 0 Å². The summed E-state index contributed by atoms with van der Waals surface area (Å²) in [5.74, 6) is 1.33. The molecular formula is C10H17NO2. The molecule has 0 aromatic carbocycles. The summed E-state index contributed by atoms with van der Waals surface area (Å²) in [5, 5.41) is 3.26. The number of esters is 1. The second kappa shape index (κ2) is 2.71. The highest BCUT2D eigenvalue weighted by molar-refractivity contribution is 5.77. The number of carbonyl (C=O) groups excluding carboxylic acids is 1. The highest BCUT2D eigenvalue weighted by Gasteiger charge is 2.58. The first kappa shape index (κ1) is 9.00. The van der Waals surface area contributed by atoms with Gasteiger partial charge >= 0.3 is 5.97 Å². The molecule has 1 heterocycles. The van der Waals surface area contributed by atoms with Crippen molar-refractivity contribution in [2.45, 2.75) is 26.4 Å². The minimum absolute atomic E-state index is 0.00370. The molecule has 1 aliphatic heterocycles. The van der Waals surface area contributed by atoms with Crippen molar-refractivity contribution in [3.8, 4) is 0 Å².